The predicted octanol–water partition coefficient (Wildman–Crippen LogP) is 3.47. The molecule has 0 bridgehead atoms. The maximum Gasteiger partial charge on any atom is 0.255 e. The Morgan fingerprint density at radius 2 is 1.73 bits per heavy atom. The fourth-order valence-electron chi connectivity index (χ4n) is 2.66. The van der Waals surface area contributed by atoms with Crippen molar-refractivity contribution in [1.29, 1.82) is 0 Å². The number of carbonyl (C=O) groups is 2. The quantitative estimate of drug-likeness (QED) is 0.743. The van der Waals surface area contributed by atoms with Gasteiger partial charge in [-0.05, 0) is 55.3 Å². The third kappa shape index (κ3) is 3.64. The van der Waals surface area contributed by atoms with E-state index in [1.807, 2.05) is 29.0 Å². The number of benzene rings is 2. The van der Waals surface area contributed by atoms with Gasteiger partial charge >= 0.3 is 0 Å². The Morgan fingerprint density at radius 3 is 2.38 bits per heavy atom. The molecule has 6 nitrogen and oxygen atoms in total. The molecule has 0 aliphatic heterocycles. The molecule has 1 aliphatic carbocycles. The SMILES string of the molecule is O=C(Nc1cccc(NC(=O)C2CC2)c1)c1ccc(-n2ccnc2)cc1. The van der Waals surface area contributed by atoms with Gasteiger partial charge in [0.25, 0.3) is 5.91 Å². The first kappa shape index (κ1) is 16.1. The van der Waals surface area contributed by atoms with Crippen molar-refractivity contribution in [2.24, 2.45) is 5.92 Å². The predicted molar refractivity (Wildman–Crippen MR) is 99.3 cm³/mol. The van der Waals surface area contributed by atoms with Crippen molar-refractivity contribution in [3.63, 3.8) is 0 Å². The summed E-state index contributed by atoms with van der Waals surface area (Å²) in [6.07, 6.45) is 7.16. The number of amides is 2. The highest BCUT2D eigenvalue weighted by Gasteiger charge is 2.29. The lowest BCUT2D eigenvalue weighted by Gasteiger charge is -2.09. The van der Waals surface area contributed by atoms with Gasteiger partial charge in [0.05, 0.1) is 6.33 Å². The molecule has 0 saturated heterocycles. The molecule has 4 rings (SSSR count). The fourth-order valence-corrected chi connectivity index (χ4v) is 2.66. The van der Waals surface area contributed by atoms with Crippen molar-refractivity contribution in [2.75, 3.05) is 10.6 Å². The lowest BCUT2D eigenvalue weighted by molar-refractivity contribution is -0.117. The number of nitrogens with zero attached hydrogens (tertiary/aromatic N) is 2. The number of anilines is 2. The minimum absolute atomic E-state index is 0.0450. The van der Waals surface area contributed by atoms with E-state index in [0.717, 1.165) is 18.5 Å². The monoisotopic (exact) mass is 346 g/mol. The minimum Gasteiger partial charge on any atom is -0.326 e. The Bertz CT molecular complexity index is 929. The third-order valence-electron chi connectivity index (χ3n) is 4.27. The second kappa shape index (κ2) is 6.84. The molecule has 0 spiro atoms. The number of hydrogen-bond acceptors (Lipinski definition) is 3. The van der Waals surface area contributed by atoms with Gasteiger partial charge in [-0.2, -0.15) is 0 Å². The van der Waals surface area contributed by atoms with E-state index in [2.05, 4.69) is 15.6 Å². The van der Waals surface area contributed by atoms with Crippen LogP contribution in [0.5, 0.6) is 0 Å². The number of hydrogen-bond donors (Lipinski definition) is 2. The molecule has 1 fully saturated rings. The first-order valence-electron chi connectivity index (χ1n) is 8.50. The summed E-state index contributed by atoms with van der Waals surface area (Å²) in [6.45, 7) is 0. The van der Waals surface area contributed by atoms with Crippen LogP contribution in [0.15, 0.2) is 67.3 Å². The van der Waals surface area contributed by atoms with Gasteiger partial charge in [0.15, 0.2) is 0 Å². The molecule has 2 amide bonds. The lowest BCUT2D eigenvalue weighted by Crippen LogP contribution is -2.14. The summed E-state index contributed by atoms with van der Waals surface area (Å²) in [4.78, 5) is 28.3. The molecule has 6 heteroatoms. The van der Waals surface area contributed by atoms with Crippen LogP contribution in [0.4, 0.5) is 11.4 Å². The van der Waals surface area contributed by atoms with Crippen molar-refractivity contribution in [3.05, 3.63) is 72.8 Å². The number of carbonyl (C=O) groups excluding carboxylic acids is 2. The molecule has 0 atom stereocenters. The molecule has 1 heterocycles. The van der Waals surface area contributed by atoms with E-state index in [-0.39, 0.29) is 17.7 Å². The smallest absolute Gasteiger partial charge is 0.255 e. The maximum atomic E-state index is 12.4. The van der Waals surface area contributed by atoms with Crippen molar-refractivity contribution in [3.8, 4) is 5.69 Å². The van der Waals surface area contributed by atoms with Crippen LogP contribution >= 0.6 is 0 Å². The van der Waals surface area contributed by atoms with E-state index >= 15 is 0 Å². The van der Waals surface area contributed by atoms with Crippen molar-refractivity contribution < 1.29 is 9.59 Å². The second-order valence-electron chi connectivity index (χ2n) is 6.32. The van der Waals surface area contributed by atoms with Crippen molar-refractivity contribution in [2.45, 2.75) is 12.8 Å². The third-order valence-corrected chi connectivity index (χ3v) is 4.27. The second-order valence-corrected chi connectivity index (χ2v) is 6.32. The summed E-state index contributed by atoms with van der Waals surface area (Å²) >= 11 is 0. The van der Waals surface area contributed by atoms with E-state index in [4.69, 9.17) is 0 Å². The molecule has 26 heavy (non-hydrogen) atoms. The average Bonchev–Trinajstić information content (AvgIpc) is 3.37. The van der Waals surface area contributed by atoms with Gasteiger partial charge in [0.2, 0.25) is 5.91 Å². The Morgan fingerprint density at radius 1 is 1.00 bits per heavy atom. The van der Waals surface area contributed by atoms with Crippen LogP contribution < -0.4 is 10.6 Å². The topological polar surface area (TPSA) is 76.0 Å². The zero-order valence-corrected chi connectivity index (χ0v) is 14.1. The number of nitrogens with one attached hydrogen (secondary N) is 2. The van der Waals surface area contributed by atoms with Gasteiger partial charge in [-0.3, -0.25) is 9.59 Å². The number of imidazole rings is 1. The van der Waals surface area contributed by atoms with Crippen molar-refractivity contribution in [1.82, 2.24) is 9.55 Å². The summed E-state index contributed by atoms with van der Waals surface area (Å²) in [6, 6.07) is 14.4. The van der Waals surface area contributed by atoms with Crippen LogP contribution in [0.25, 0.3) is 5.69 Å². The molecule has 1 saturated carbocycles. The molecule has 130 valence electrons. The van der Waals surface area contributed by atoms with Gasteiger partial charge in [0, 0.05) is 40.9 Å². The Kier molecular flexibility index (Phi) is 4.23. The molecular weight excluding hydrogens is 328 g/mol. The zero-order chi connectivity index (χ0) is 17.9. The van der Waals surface area contributed by atoms with Crippen LogP contribution in [0.2, 0.25) is 0 Å². The highest BCUT2D eigenvalue weighted by Crippen LogP contribution is 2.30. The Balaban J connectivity index is 1.43. The van der Waals surface area contributed by atoms with Crippen molar-refractivity contribution >= 4 is 23.2 Å². The number of aromatic nitrogens is 2. The summed E-state index contributed by atoms with van der Waals surface area (Å²) < 4.78 is 1.87. The van der Waals surface area contributed by atoms with Gasteiger partial charge in [-0.25, -0.2) is 4.98 Å². The Hall–Kier alpha value is -3.41. The molecule has 1 aliphatic rings. The first-order valence-corrected chi connectivity index (χ1v) is 8.50. The van der Waals surface area contributed by atoms with E-state index in [0.29, 0.717) is 16.9 Å². The maximum absolute atomic E-state index is 12.4. The average molecular weight is 346 g/mol. The van der Waals surface area contributed by atoms with Crippen LogP contribution in [0, 0.1) is 5.92 Å². The van der Waals surface area contributed by atoms with Gasteiger partial charge in [-0.1, -0.05) is 6.07 Å². The molecular formula is C20H18N4O2. The zero-order valence-electron chi connectivity index (χ0n) is 14.1. The van der Waals surface area contributed by atoms with Crippen LogP contribution in [-0.4, -0.2) is 21.4 Å². The first-order chi connectivity index (χ1) is 12.7. The Labute approximate surface area is 150 Å². The summed E-state index contributed by atoms with van der Waals surface area (Å²) in [7, 11) is 0. The molecule has 2 N–H and O–H groups in total. The lowest BCUT2D eigenvalue weighted by atomic mass is 10.2. The molecule has 3 aromatic rings. The van der Waals surface area contributed by atoms with Crippen LogP contribution in [0.3, 0.4) is 0 Å². The van der Waals surface area contributed by atoms with Gasteiger partial charge < -0.3 is 15.2 Å². The summed E-state index contributed by atoms with van der Waals surface area (Å²) in [5.41, 5.74) is 2.82. The van der Waals surface area contributed by atoms with E-state index in [1.165, 1.54) is 0 Å². The number of rotatable bonds is 5. The molecule has 1 aromatic heterocycles. The normalized spacial score (nSPS) is 13.2. The summed E-state index contributed by atoms with van der Waals surface area (Å²) in [5.74, 6) is -0.0151. The van der Waals surface area contributed by atoms with E-state index in [9.17, 15) is 9.59 Å². The minimum atomic E-state index is -0.201. The fraction of sp³-hybridized carbons (Fsp3) is 0.150. The molecule has 0 radical (unpaired) electrons. The molecule has 0 unspecified atom stereocenters. The highest BCUT2D eigenvalue weighted by atomic mass is 16.2. The van der Waals surface area contributed by atoms with E-state index in [1.54, 1.807) is 42.9 Å². The van der Waals surface area contributed by atoms with E-state index < -0.39 is 0 Å². The van der Waals surface area contributed by atoms with Gasteiger partial charge in [-0.15, -0.1) is 0 Å². The highest BCUT2D eigenvalue weighted by molar-refractivity contribution is 6.04. The van der Waals surface area contributed by atoms with Crippen LogP contribution in [-0.2, 0) is 4.79 Å². The largest absolute Gasteiger partial charge is 0.326 e. The molecule has 2 aromatic carbocycles. The summed E-state index contributed by atoms with van der Waals surface area (Å²) in [5, 5.41) is 5.74. The standard InChI is InChI=1S/C20H18N4O2/c25-19(14-4-5-14)22-16-2-1-3-17(12-16)23-20(26)15-6-8-18(9-7-15)24-11-10-21-13-24/h1-3,6-14H,4-5H2,(H,22,25)(H,23,26). The van der Waals surface area contributed by atoms with Gasteiger partial charge in [0.1, 0.15) is 0 Å². The van der Waals surface area contributed by atoms with Crippen LogP contribution in [0.1, 0.15) is 23.2 Å².